The van der Waals surface area contributed by atoms with Gasteiger partial charge in [0.2, 0.25) is 5.89 Å². The van der Waals surface area contributed by atoms with Crippen molar-refractivity contribution in [1.82, 2.24) is 4.98 Å². The molecule has 0 unspecified atom stereocenters. The summed E-state index contributed by atoms with van der Waals surface area (Å²) in [6, 6.07) is 2.54. The fourth-order valence-corrected chi connectivity index (χ4v) is 1.37. The lowest BCUT2D eigenvalue weighted by Crippen LogP contribution is -1.97. The Morgan fingerprint density at radius 3 is 2.75 bits per heavy atom. The molecule has 0 aliphatic carbocycles. The average Bonchev–Trinajstić information content (AvgIpc) is 2.73. The molecule has 0 atom stereocenters. The van der Waals surface area contributed by atoms with Gasteiger partial charge in [0.1, 0.15) is 23.5 Å². The van der Waals surface area contributed by atoms with Gasteiger partial charge < -0.3 is 10.2 Å². The highest BCUT2D eigenvalue weighted by molar-refractivity contribution is 5.56. The molecule has 0 saturated carbocycles. The third kappa shape index (κ3) is 1.69. The van der Waals surface area contributed by atoms with Crippen molar-refractivity contribution in [1.29, 1.82) is 0 Å². The second-order valence-electron chi connectivity index (χ2n) is 3.40. The summed E-state index contributed by atoms with van der Waals surface area (Å²) in [4.78, 5) is 3.89. The highest BCUT2D eigenvalue weighted by Crippen LogP contribution is 2.27. The summed E-state index contributed by atoms with van der Waals surface area (Å²) in [6.07, 6.45) is 1.29. The van der Waals surface area contributed by atoms with Gasteiger partial charge in [0, 0.05) is 6.54 Å². The minimum absolute atomic E-state index is 0.0841. The third-order valence-electron chi connectivity index (χ3n) is 2.26. The maximum atomic E-state index is 13.7. The van der Waals surface area contributed by atoms with Crippen molar-refractivity contribution in [2.75, 3.05) is 0 Å². The molecule has 3 nitrogen and oxygen atoms in total. The average molecular weight is 224 g/mol. The smallest absolute Gasteiger partial charge is 0.232 e. The predicted octanol–water partition coefficient (Wildman–Crippen LogP) is 2.39. The first-order valence-electron chi connectivity index (χ1n) is 4.73. The number of aromatic nitrogens is 1. The van der Waals surface area contributed by atoms with Crippen LogP contribution in [0, 0.1) is 18.6 Å². The number of oxazole rings is 1. The maximum absolute atomic E-state index is 13.7. The summed E-state index contributed by atoms with van der Waals surface area (Å²) in [7, 11) is 0. The number of hydrogen-bond acceptors (Lipinski definition) is 3. The van der Waals surface area contributed by atoms with Gasteiger partial charge >= 0.3 is 0 Å². The predicted molar refractivity (Wildman–Crippen MR) is 54.5 cm³/mol. The van der Waals surface area contributed by atoms with Crippen LogP contribution in [0.2, 0.25) is 0 Å². The van der Waals surface area contributed by atoms with E-state index in [1.54, 1.807) is 6.92 Å². The zero-order valence-electron chi connectivity index (χ0n) is 8.63. The molecule has 0 spiro atoms. The van der Waals surface area contributed by atoms with E-state index in [2.05, 4.69) is 4.98 Å². The Morgan fingerprint density at radius 2 is 2.12 bits per heavy atom. The van der Waals surface area contributed by atoms with Crippen molar-refractivity contribution < 1.29 is 13.2 Å². The largest absolute Gasteiger partial charge is 0.444 e. The monoisotopic (exact) mass is 224 g/mol. The number of benzene rings is 1. The molecule has 1 aromatic carbocycles. The zero-order chi connectivity index (χ0) is 11.7. The van der Waals surface area contributed by atoms with Crippen LogP contribution in [0.1, 0.15) is 11.3 Å². The molecule has 1 heterocycles. The number of rotatable bonds is 2. The van der Waals surface area contributed by atoms with E-state index in [1.165, 1.54) is 18.4 Å². The Bertz CT molecular complexity index is 523. The van der Waals surface area contributed by atoms with Gasteiger partial charge in [0.15, 0.2) is 0 Å². The van der Waals surface area contributed by atoms with Crippen LogP contribution in [-0.2, 0) is 6.54 Å². The first kappa shape index (κ1) is 10.8. The van der Waals surface area contributed by atoms with Crippen molar-refractivity contribution in [2.24, 2.45) is 5.73 Å². The number of hydrogen-bond donors (Lipinski definition) is 1. The Morgan fingerprint density at radius 1 is 1.38 bits per heavy atom. The van der Waals surface area contributed by atoms with Crippen molar-refractivity contribution in [2.45, 2.75) is 13.5 Å². The SMILES string of the molecule is Cc1ccc(F)c(-c2nc(CN)co2)c1F. The molecule has 2 rings (SSSR count). The molecule has 0 bridgehead atoms. The van der Waals surface area contributed by atoms with E-state index < -0.39 is 11.6 Å². The second kappa shape index (κ2) is 4.02. The molecular weight excluding hydrogens is 214 g/mol. The molecule has 0 aliphatic rings. The second-order valence-corrected chi connectivity index (χ2v) is 3.40. The van der Waals surface area contributed by atoms with E-state index in [4.69, 9.17) is 10.2 Å². The molecule has 0 saturated heterocycles. The van der Waals surface area contributed by atoms with Gasteiger partial charge in [0.25, 0.3) is 0 Å². The van der Waals surface area contributed by atoms with Crippen molar-refractivity contribution in [3.05, 3.63) is 41.3 Å². The summed E-state index contributed by atoms with van der Waals surface area (Å²) in [5, 5.41) is 0. The van der Waals surface area contributed by atoms with Crippen LogP contribution in [0.3, 0.4) is 0 Å². The fraction of sp³-hybridized carbons (Fsp3) is 0.182. The van der Waals surface area contributed by atoms with Crippen LogP contribution in [0.25, 0.3) is 11.5 Å². The van der Waals surface area contributed by atoms with E-state index in [-0.39, 0.29) is 18.0 Å². The van der Waals surface area contributed by atoms with Gasteiger partial charge in [-0.25, -0.2) is 13.8 Å². The number of nitrogens with zero attached hydrogens (tertiary/aromatic N) is 1. The number of nitrogens with two attached hydrogens (primary N) is 1. The molecule has 5 heteroatoms. The van der Waals surface area contributed by atoms with Crippen LogP contribution < -0.4 is 5.73 Å². The lowest BCUT2D eigenvalue weighted by molar-refractivity contribution is 0.538. The molecule has 2 N–H and O–H groups in total. The molecule has 2 aromatic rings. The quantitative estimate of drug-likeness (QED) is 0.852. The summed E-state index contributed by atoms with van der Waals surface area (Å²) in [6.45, 7) is 1.71. The van der Waals surface area contributed by atoms with Gasteiger partial charge in [-0.05, 0) is 18.6 Å². The number of halogens is 2. The van der Waals surface area contributed by atoms with E-state index in [9.17, 15) is 8.78 Å². The first-order valence-corrected chi connectivity index (χ1v) is 4.73. The van der Waals surface area contributed by atoms with Crippen molar-refractivity contribution in [3.63, 3.8) is 0 Å². The number of aryl methyl sites for hydroxylation is 1. The Balaban J connectivity index is 2.58. The summed E-state index contributed by atoms with van der Waals surface area (Å²) >= 11 is 0. The Kier molecular flexibility index (Phi) is 2.70. The fourth-order valence-electron chi connectivity index (χ4n) is 1.37. The van der Waals surface area contributed by atoms with E-state index in [0.717, 1.165) is 0 Å². The summed E-state index contributed by atoms with van der Waals surface area (Å²) in [5.41, 5.74) is 5.88. The molecule has 0 fully saturated rings. The lowest BCUT2D eigenvalue weighted by atomic mass is 10.1. The van der Waals surface area contributed by atoms with E-state index >= 15 is 0 Å². The van der Waals surface area contributed by atoms with Gasteiger partial charge in [-0.15, -0.1) is 0 Å². The van der Waals surface area contributed by atoms with E-state index in [1.807, 2.05) is 0 Å². The maximum Gasteiger partial charge on any atom is 0.232 e. The van der Waals surface area contributed by atoms with Crippen LogP contribution in [0.4, 0.5) is 8.78 Å². The van der Waals surface area contributed by atoms with Crippen LogP contribution in [-0.4, -0.2) is 4.98 Å². The molecular formula is C11H10F2N2O. The van der Waals surface area contributed by atoms with Crippen LogP contribution in [0.5, 0.6) is 0 Å². The standard InChI is InChI=1S/C11H10F2N2O/c1-6-2-3-8(12)9(10(6)13)11-15-7(4-14)5-16-11/h2-3,5H,4,14H2,1H3. The van der Waals surface area contributed by atoms with Gasteiger partial charge in [-0.2, -0.15) is 0 Å². The van der Waals surface area contributed by atoms with Crippen LogP contribution >= 0.6 is 0 Å². The van der Waals surface area contributed by atoms with Gasteiger partial charge in [-0.3, -0.25) is 0 Å². The van der Waals surface area contributed by atoms with Gasteiger partial charge in [-0.1, -0.05) is 6.07 Å². The highest BCUT2D eigenvalue weighted by atomic mass is 19.1. The zero-order valence-corrected chi connectivity index (χ0v) is 8.63. The third-order valence-corrected chi connectivity index (χ3v) is 2.26. The molecule has 0 amide bonds. The van der Waals surface area contributed by atoms with Gasteiger partial charge in [0.05, 0.1) is 5.69 Å². The van der Waals surface area contributed by atoms with Crippen molar-refractivity contribution in [3.8, 4) is 11.5 Å². The lowest BCUT2D eigenvalue weighted by Gasteiger charge is -2.02. The molecule has 1 aromatic heterocycles. The molecule has 16 heavy (non-hydrogen) atoms. The minimum atomic E-state index is -0.700. The molecule has 0 radical (unpaired) electrons. The molecule has 84 valence electrons. The summed E-state index contributed by atoms with van der Waals surface area (Å²) < 4.78 is 32.1. The first-order chi connectivity index (χ1) is 7.63. The van der Waals surface area contributed by atoms with Crippen LogP contribution in [0.15, 0.2) is 22.8 Å². The Labute approximate surface area is 90.9 Å². The topological polar surface area (TPSA) is 52.0 Å². The normalized spacial score (nSPS) is 10.8. The van der Waals surface area contributed by atoms with Crippen molar-refractivity contribution >= 4 is 0 Å². The van der Waals surface area contributed by atoms with E-state index in [0.29, 0.717) is 11.3 Å². The summed E-state index contributed by atoms with van der Waals surface area (Å²) in [5.74, 6) is -1.45. The molecule has 0 aliphatic heterocycles. The Hall–Kier alpha value is -1.75. The minimum Gasteiger partial charge on any atom is -0.444 e. The highest BCUT2D eigenvalue weighted by Gasteiger charge is 2.18.